The minimum absolute atomic E-state index is 0. The van der Waals surface area contributed by atoms with E-state index in [1.807, 2.05) is 35.3 Å². The summed E-state index contributed by atoms with van der Waals surface area (Å²) in [7, 11) is 0. The first kappa shape index (κ1) is 32.7. The van der Waals surface area contributed by atoms with E-state index in [1.165, 1.54) is 32.1 Å². The number of nitrogens with two attached hydrogens (primary N) is 1. The maximum Gasteiger partial charge on any atom is 0.240 e. The van der Waals surface area contributed by atoms with Crippen molar-refractivity contribution in [2.45, 2.75) is 102 Å². The van der Waals surface area contributed by atoms with E-state index in [2.05, 4.69) is 25.6 Å². The van der Waals surface area contributed by atoms with Crippen LogP contribution < -0.4 is 16.4 Å². The van der Waals surface area contributed by atoms with Gasteiger partial charge in [0.1, 0.15) is 12.7 Å². The summed E-state index contributed by atoms with van der Waals surface area (Å²) in [6, 6.07) is 8.13. The first-order chi connectivity index (χ1) is 19.9. The minimum atomic E-state index is -0.325. The molecule has 1 saturated heterocycles. The molecule has 4 N–H and O–H groups in total. The lowest BCUT2D eigenvalue weighted by molar-refractivity contribution is -0.137. The van der Waals surface area contributed by atoms with Crippen molar-refractivity contribution in [3.8, 4) is 0 Å². The smallest absolute Gasteiger partial charge is 0.240 e. The predicted octanol–water partition coefficient (Wildman–Crippen LogP) is 4.13. The van der Waals surface area contributed by atoms with Crippen molar-refractivity contribution in [3.05, 3.63) is 47.5 Å². The van der Waals surface area contributed by atoms with Gasteiger partial charge in [0.25, 0.3) is 0 Å². The van der Waals surface area contributed by atoms with Crippen molar-refractivity contribution in [3.63, 3.8) is 0 Å². The van der Waals surface area contributed by atoms with Gasteiger partial charge in [-0.2, -0.15) is 5.10 Å². The van der Waals surface area contributed by atoms with Crippen molar-refractivity contribution < 1.29 is 9.59 Å². The summed E-state index contributed by atoms with van der Waals surface area (Å²) in [6.07, 6.45) is 16.5. The monoisotopic (exact) mass is 619 g/mol. The SMILES string of the molecule is Cl.NC(=O)CNC1CCC(N[C@H](Cc2ccc(Cl)cc2)C(=O)N2CCC(Cn3cncn3)(C3CCCCC3)CC2)CC1. The van der Waals surface area contributed by atoms with Crippen LogP contribution in [0.2, 0.25) is 5.02 Å². The zero-order chi connectivity index (χ0) is 28.7. The Bertz CT molecular complexity index is 1110. The molecule has 3 fully saturated rings. The van der Waals surface area contributed by atoms with Crippen molar-refractivity contribution in [1.82, 2.24) is 30.3 Å². The fourth-order valence-corrected chi connectivity index (χ4v) is 7.63. The highest BCUT2D eigenvalue weighted by Crippen LogP contribution is 2.47. The quantitative estimate of drug-likeness (QED) is 0.348. The zero-order valence-electron chi connectivity index (χ0n) is 24.6. The highest BCUT2D eigenvalue weighted by Gasteiger charge is 2.44. The van der Waals surface area contributed by atoms with E-state index in [1.54, 1.807) is 6.33 Å². The van der Waals surface area contributed by atoms with E-state index >= 15 is 0 Å². The second-order valence-electron chi connectivity index (χ2n) is 12.6. The lowest BCUT2D eigenvalue weighted by atomic mass is 9.63. The van der Waals surface area contributed by atoms with E-state index in [9.17, 15) is 9.59 Å². The molecule has 1 aromatic carbocycles. The maximum absolute atomic E-state index is 14.1. The number of primary amides is 1. The number of carbonyl (C=O) groups excluding carboxylic acids is 2. The minimum Gasteiger partial charge on any atom is -0.369 e. The number of halogens is 2. The van der Waals surface area contributed by atoms with E-state index in [4.69, 9.17) is 17.3 Å². The predicted molar refractivity (Wildman–Crippen MR) is 167 cm³/mol. The number of hydrogen-bond donors (Lipinski definition) is 3. The number of likely N-dealkylation sites (tertiary alicyclic amines) is 1. The van der Waals surface area contributed by atoms with Gasteiger partial charge in [0.15, 0.2) is 0 Å². The van der Waals surface area contributed by atoms with Gasteiger partial charge in [-0.05, 0) is 86.8 Å². The molecular formula is C31H47Cl2N7O2. The van der Waals surface area contributed by atoms with E-state index in [0.717, 1.165) is 63.7 Å². The van der Waals surface area contributed by atoms with Crippen LogP contribution in [0, 0.1) is 11.3 Å². The van der Waals surface area contributed by atoms with E-state index in [0.29, 0.717) is 23.4 Å². The van der Waals surface area contributed by atoms with Crippen LogP contribution in [-0.4, -0.2) is 69.2 Å². The van der Waals surface area contributed by atoms with Crippen LogP contribution in [-0.2, 0) is 22.6 Å². The molecule has 2 aliphatic carbocycles. The molecule has 2 amide bonds. The van der Waals surface area contributed by atoms with Crippen molar-refractivity contribution >= 4 is 35.8 Å². The van der Waals surface area contributed by atoms with Gasteiger partial charge in [0.2, 0.25) is 11.8 Å². The largest absolute Gasteiger partial charge is 0.369 e. The van der Waals surface area contributed by atoms with Gasteiger partial charge >= 0.3 is 0 Å². The van der Waals surface area contributed by atoms with Gasteiger partial charge in [-0.1, -0.05) is 43.0 Å². The first-order valence-corrected chi connectivity index (χ1v) is 15.9. The average molecular weight is 621 g/mol. The third kappa shape index (κ3) is 8.68. The molecule has 232 valence electrons. The summed E-state index contributed by atoms with van der Waals surface area (Å²) in [4.78, 5) is 31.6. The fourth-order valence-electron chi connectivity index (χ4n) is 7.51. The normalized spacial score (nSPS) is 23.6. The molecule has 0 bridgehead atoms. The van der Waals surface area contributed by atoms with Crippen molar-refractivity contribution in [1.29, 1.82) is 0 Å². The van der Waals surface area contributed by atoms with E-state index in [-0.39, 0.29) is 48.3 Å². The molecule has 2 heterocycles. The zero-order valence-corrected chi connectivity index (χ0v) is 26.1. The second kappa shape index (κ2) is 15.5. The molecule has 9 nitrogen and oxygen atoms in total. The molecule has 5 rings (SSSR count). The van der Waals surface area contributed by atoms with Crippen molar-refractivity contribution in [2.75, 3.05) is 19.6 Å². The number of hydrogen-bond acceptors (Lipinski definition) is 6. The standard InChI is InChI=1S/C31H46ClN7O2.ClH/c32-25-8-6-23(7-9-25)18-28(37-27-12-10-26(11-13-27)35-19-29(33)40)30(41)38-16-14-31(15-17-38,20-39-22-34-21-36-39)24-4-2-1-3-5-24;/h6-9,21-22,24,26-28,35,37H,1-5,10-20H2,(H2,33,40);1H/t26?,27?,28-;/m1./s1. The topological polar surface area (TPSA) is 118 Å². The summed E-state index contributed by atoms with van der Waals surface area (Å²) >= 11 is 6.15. The Morgan fingerprint density at radius 1 is 1.00 bits per heavy atom. The van der Waals surface area contributed by atoms with Gasteiger partial charge in [0.05, 0.1) is 12.6 Å². The number of amides is 2. The van der Waals surface area contributed by atoms with Crippen LogP contribution in [0.1, 0.15) is 76.2 Å². The summed E-state index contributed by atoms with van der Waals surface area (Å²) in [6.45, 7) is 2.67. The molecule has 11 heteroatoms. The Labute approximate surface area is 261 Å². The number of piperidine rings is 1. The van der Waals surface area contributed by atoms with Crippen molar-refractivity contribution in [2.24, 2.45) is 17.1 Å². The molecule has 1 aromatic heterocycles. The molecule has 2 saturated carbocycles. The summed E-state index contributed by atoms with van der Waals surface area (Å²) < 4.78 is 2.01. The molecule has 0 unspecified atom stereocenters. The molecule has 42 heavy (non-hydrogen) atoms. The molecular weight excluding hydrogens is 573 g/mol. The van der Waals surface area contributed by atoms with Gasteiger partial charge in [-0.15, -0.1) is 12.4 Å². The number of nitrogens with zero attached hydrogens (tertiary/aromatic N) is 4. The van der Waals surface area contributed by atoms with Crippen LogP contribution in [0.15, 0.2) is 36.9 Å². The summed E-state index contributed by atoms with van der Waals surface area (Å²) in [5, 5.41) is 12.2. The van der Waals surface area contributed by atoms with Crippen LogP contribution in [0.25, 0.3) is 0 Å². The number of nitrogens with one attached hydrogen (secondary N) is 2. The van der Waals surface area contributed by atoms with E-state index < -0.39 is 0 Å². The highest BCUT2D eigenvalue weighted by atomic mass is 35.5. The highest BCUT2D eigenvalue weighted by molar-refractivity contribution is 6.30. The van der Waals surface area contributed by atoms with Crippen LogP contribution in [0.5, 0.6) is 0 Å². The Hall–Kier alpha value is -2.20. The average Bonchev–Trinajstić information content (AvgIpc) is 3.51. The Kier molecular flexibility index (Phi) is 12.1. The molecule has 1 atom stereocenters. The van der Waals surface area contributed by atoms with Crippen LogP contribution in [0.3, 0.4) is 0 Å². The van der Waals surface area contributed by atoms with Gasteiger partial charge in [-0.3, -0.25) is 14.3 Å². The van der Waals surface area contributed by atoms with Gasteiger partial charge in [-0.25, -0.2) is 4.98 Å². The Balaban J connectivity index is 0.00000405. The molecule has 0 radical (unpaired) electrons. The number of rotatable bonds is 11. The fraction of sp³-hybridized carbons (Fsp3) is 0.677. The number of aromatic nitrogens is 3. The molecule has 1 aliphatic heterocycles. The third-order valence-electron chi connectivity index (χ3n) is 9.87. The number of carbonyl (C=O) groups is 2. The summed E-state index contributed by atoms with van der Waals surface area (Å²) in [5.74, 6) is 0.556. The lowest BCUT2D eigenvalue weighted by Crippen LogP contribution is -2.56. The summed E-state index contributed by atoms with van der Waals surface area (Å²) in [5.41, 5.74) is 6.59. The Morgan fingerprint density at radius 3 is 2.29 bits per heavy atom. The number of benzene rings is 1. The van der Waals surface area contributed by atoms with Crippen LogP contribution >= 0.6 is 24.0 Å². The molecule has 3 aliphatic rings. The first-order valence-electron chi connectivity index (χ1n) is 15.5. The second-order valence-corrected chi connectivity index (χ2v) is 13.0. The van der Waals surface area contributed by atoms with Gasteiger partial charge in [0, 0.05) is 36.7 Å². The third-order valence-corrected chi connectivity index (χ3v) is 10.1. The maximum atomic E-state index is 14.1. The lowest BCUT2D eigenvalue weighted by Gasteiger charge is -2.48. The molecule has 2 aromatic rings. The van der Waals surface area contributed by atoms with Crippen LogP contribution in [0.4, 0.5) is 0 Å². The van der Waals surface area contributed by atoms with Gasteiger partial charge < -0.3 is 21.3 Å². The molecule has 0 spiro atoms. The Morgan fingerprint density at radius 2 is 1.67 bits per heavy atom.